The third-order valence-corrected chi connectivity index (χ3v) is 5.30. The zero-order valence-electron chi connectivity index (χ0n) is 15.0. The molecule has 132 valence electrons. The maximum atomic E-state index is 12.7. The first-order valence-electron chi connectivity index (χ1n) is 8.93. The van der Waals surface area contributed by atoms with E-state index in [-0.39, 0.29) is 18.1 Å². The highest BCUT2D eigenvalue weighted by Crippen LogP contribution is 2.39. The van der Waals surface area contributed by atoms with Gasteiger partial charge in [-0.15, -0.1) is 0 Å². The van der Waals surface area contributed by atoms with Crippen molar-refractivity contribution in [3.8, 4) is 0 Å². The van der Waals surface area contributed by atoms with Gasteiger partial charge in [-0.3, -0.25) is 14.5 Å². The van der Waals surface area contributed by atoms with Gasteiger partial charge in [0.2, 0.25) is 0 Å². The number of aryl methyl sites for hydroxylation is 2. The summed E-state index contributed by atoms with van der Waals surface area (Å²) in [6.07, 6.45) is 4.76. The van der Waals surface area contributed by atoms with Crippen LogP contribution in [0.4, 0.5) is 0 Å². The average Bonchev–Trinajstić information content (AvgIpc) is 3.31. The van der Waals surface area contributed by atoms with Gasteiger partial charge in [0.25, 0.3) is 5.91 Å². The van der Waals surface area contributed by atoms with Gasteiger partial charge in [0.1, 0.15) is 6.10 Å². The largest absolute Gasteiger partial charge is 0.371 e. The van der Waals surface area contributed by atoms with Crippen molar-refractivity contribution < 1.29 is 9.53 Å². The Labute approximate surface area is 147 Å². The number of nitrogens with zero attached hydrogens (tertiary/aromatic N) is 3. The quantitative estimate of drug-likeness (QED) is 0.929. The van der Waals surface area contributed by atoms with Crippen LogP contribution in [0.2, 0.25) is 0 Å². The second-order valence-corrected chi connectivity index (χ2v) is 7.11. The van der Waals surface area contributed by atoms with Gasteiger partial charge in [-0.1, -0.05) is 0 Å². The standard InChI is InChI=1S/C19H24N4O2/c1-11-17(12(2)23(3)22-11)18-15(7-9-25-18)21-19(24)14-6-8-20-16(10-14)13-4-5-13/h6,8,10,13,15,18H,4-5,7,9H2,1-3H3,(H,21,24)/t15-,18-/m0/s1. The van der Waals surface area contributed by atoms with Gasteiger partial charge in [-0.2, -0.15) is 5.10 Å². The summed E-state index contributed by atoms with van der Waals surface area (Å²) in [4.78, 5) is 17.1. The number of aromatic nitrogens is 3. The van der Waals surface area contributed by atoms with Gasteiger partial charge in [0, 0.05) is 48.3 Å². The molecule has 0 unspecified atom stereocenters. The molecule has 0 spiro atoms. The SMILES string of the molecule is Cc1nn(C)c(C)c1[C@H]1OCC[C@@H]1NC(=O)c1ccnc(C2CC2)c1. The fourth-order valence-electron chi connectivity index (χ4n) is 3.67. The van der Waals surface area contributed by atoms with Crippen molar-refractivity contribution >= 4 is 5.91 Å². The number of nitrogens with one attached hydrogen (secondary N) is 1. The lowest BCUT2D eigenvalue weighted by Crippen LogP contribution is -2.37. The van der Waals surface area contributed by atoms with Crippen molar-refractivity contribution in [2.45, 2.75) is 51.2 Å². The van der Waals surface area contributed by atoms with E-state index in [1.807, 2.05) is 31.6 Å². The molecule has 1 saturated heterocycles. The van der Waals surface area contributed by atoms with Crippen LogP contribution in [0.1, 0.15) is 64.3 Å². The van der Waals surface area contributed by atoms with E-state index in [1.165, 1.54) is 12.8 Å². The molecule has 2 aromatic rings. The molecule has 2 atom stereocenters. The Kier molecular flexibility index (Phi) is 4.07. The monoisotopic (exact) mass is 340 g/mol. The Balaban J connectivity index is 1.53. The smallest absolute Gasteiger partial charge is 0.251 e. The molecule has 4 rings (SSSR count). The van der Waals surface area contributed by atoms with Gasteiger partial charge in [-0.05, 0) is 45.2 Å². The van der Waals surface area contributed by atoms with E-state index < -0.39 is 0 Å². The summed E-state index contributed by atoms with van der Waals surface area (Å²) < 4.78 is 7.83. The second-order valence-electron chi connectivity index (χ2n) is 7.11. The summed E-state index contributed by atoms with van der Waals surface area (Å²) in [5.41, 5.74) is 4.86. The number of hydrogen-bond donors (Lipinski definition) is 1. The Morgan fingerprint density at radius 3 is 2.80 bits per heavy atom. The molecular formula is C19H24N4O2. The fourth-order valence-corrected chi connectivity index (χ4v) is 3.67. The molecular weight excluding hydrogens is 316 g/mol. The Morgan fingerprint density at radius 1 is 1.32 bits per heavy atom. The van der Waals surface area contributed by atoms with Crippen molar-refractivity contribution in [1.82, 2.24) is 20.1 Å². The Bertz CT molecular complexity index is 810. The molecule has 3 heterocycles. The Hall–Kier alpha value is -2.21. The molecule has 0 aromatic carbocycles. The number of ether oxygens (including phenoxy) is 1. The fraction of sp³-hybridized carbons (Fsp3) is 0.526. The van der Waals surface area contributed by atoms with Crippen LogP contribution >= 0.6 is 0 Å². The minimum absolute atomic E-state index is 0.0355. The van der Waals surface area contributed by atoms with Gasteiger partial charge >= 0.3 is 0 Å². The molecule has 2 fully saturated rings. The Morgan fingerprint density at radius 2 is 2.12 bits per heavy atom. The first kappa shape index (κ1) is 16.3. The summed E-state index contributed by atoms with van der Waals surface area (Å²) in [6.45, 7) is 4.68. The van der Waals surface area contributed by atoms with Crippen LogP contribution in [-0.2, 0) is 11.8 Å². The van der Waals surface area contributed by atoms with E-state index >= 15 is 0 Å². The highest BCUT2D eigenvalue weighted by atomic mass is 16.5. The van der Waals surface area contributed by atoms with Crippen molar-refractivity contribution in [2.75, 3.05) is 6.61 Å². The van der Waals surface area contributed by atoms with Crippen LogP contribution in [0.15, 0.2) is 18.3 Å². The lowest BCUT2D eigenvalue weighted by atomic mass is 10.00. The maximum Gasteiger partial charge on any atom is 0.251 e. The van der Waals surface area contributed by atoms with E-state index in [4.69, 9.17) is 4.74 Å². The van der Waals surface area contributed by atoms with Crippen molar-refractivity contribution in [1.29, 1.82) is 0 Å². The summed E-state index contributed by atoms with van der Waals surface area (Å²) in [6, 6.07) is 3.68. The van der Waals surface area contributed by atoms with E-state index in [1.54, 1.807) is 12.3 Å². The van der Waals surface area contributed by atoms with Crippen LogP contribution in [-0.4, -0.2) is 33.3 Å². The van der Waals surface area contributed by atoms with Gasteiger partial charge in [-0.25, -0.2) is 0 Å². The zero-order valence-corrected chi connectivity index (χ0v) is 15.0. The lowest BCUT2D eigenvalue weighted by Gasteiger charge is -2.20. The number of rotatable bonds is 4. The third-order valence-electron chi connectivity index (χ3n) is 5.30. The number of pyridine rings is 1. The molecule has 1 N–H and O–H groups in total. The zero-order chi connectivity index (χ0) is 17.6. The first-order valence-corrected chi connectivity index (χ1v) is 8.93. The molecule has 25 heavy (non-hydrogen) atoms. The minimum Gasteiger partial charge on any atom is -0.371 e. The predicted molar refractivity (Wildman–Crippen MR) is 93.5 cm³/mol. The van der Waals surface area contributed by atoms with Crippen LogP contribution in [0.5, 0.6) is 0 Å². The second kappa shape index (κ2) is 6.26. The van der Waals surface area contributed by atoms with E-state index in [2.05, 4.69) is 15.4 Å². The lowest BCUT2D eigenvalue weighted by molar-refractivity contribution is 0.0817. The number of carbonyl (C=O) groups excluding carboxylic acids is 1. The first-order chi connectivity index (χ1) is 12.0. The van der Waals surface area contributed by atoms with Crippen LogP contribution < -0.4 is 5.32 Å². The molecule has 1 amide bonds. The predicted octanol–water partition coefficient (Wildman–Crippen LogP) is 2.57. The van der Waals surface area contributed by atoms with E-state index in [9.17, 15) is 4.79 Å². The van der Waals surface area contributed by atoms with Gasteiger partial charge < -0.3 is 10.1 Å². The number of carbonyl (C=O) groups is 1. The van der Waals surface area contributed by atoms with Crippen LogP contribution in [0, 0.1) is 13.8 Å². The van der Waals surface area contributed by atoms with E-state index in [0.717, 1.165) is 29.1 Å². The molecule has 2 aromatic heterocycles. The van der Waals surface area contributed by atoms with Crippen LogP contribution in [0.3, 0.4) is 0 Å². The van der Waals surface area contributed by atoms with E-state index in [0.29, 0.717) is 18.1 Å². The summed E-state index contributed by atoms with van der Waals surface area (Å²) in [5, 5.41) is 7.65. The third kappa shape index (κ3) is 3.06. The number of amides is 1. The molecule has 1 aliphatic carbocycles. The molecule has 0 bridgehead atoms. The van der Waals surface area contributed by atoms with Crippen molar-refractivity contribution in [3.05, 3.63) is 46.5 Å². The summed E-state index contributed by atoms with van der Waals surface area (Å²) >= 11 is 0. The van der Waals surface area contributed by atoms with Crippen molar-refractivity contribution in [3.63, 3.8) is 0 Å². The summed E-state index contributed by atoms with van der Waals surface area (Å²) in [7, 11) is 1.94. The molecule has 6 heteroatoms. The maximum absolute atomic E-state index is 12.7. The van der Waals surface area contributed by atoms with Crippen LogP contribution in [0.25, 0.3) is 0 Å². The summed E-state index contributed by atoms with van der Waals surface area (Å²) in [5.74, 6) is 0.486. The molecule has 2 aliphatic rings. The number of hydrogen-bond acceptors (Lipinski definition) is 4. The highest BCUT2D eigenvalue weighted by molar-refractivity contribution is 5.94. The molecule has 6 nitrogen and oxygen atoms in total. The normalized spacial score (nSPS) is 23.0. The topological polar surface area (TPSA) is 69.0 Å². The van der Waals surface area contributed by atoms with Gasteiger partial charge in [0.05, 0.1) is 11.7 Å². The molecule has 1 aliphatic heterocycles. The van der Waals surface area contributed by atoms with Crippen molar-refractivity contribution in [2.24, 2.45) is 7.05 Å². The molecule has 1 saturated carbocycles. The highest BCUT2D eigenvalue weighted by Gasteiger charge is 2.35. The van der Waals surface area contributed by atoms with Gasteiger partial charge in [0.15, 0.2) is 0 Å². The molecule has 0 radical (unpaired) electrons. The average molecular weight is 340 g/mol. The minimum atomic E-state index is -0.137.